The van der Waals surface area contributed by atoms with Crippen LogP contribution in [-0.2, 0) is 6.42 Å². The molecule has 1 saturated heterocycles. The van der Waals surface area contributed by atoms with E-state index in [0.29, 0.717) is 12.1 Å². The summed E-state index contributed by atoms with van der Waals surface area (Å²) in [5.74, 6) is 1.17. The Morgan fingerprint density at radius 3 is 2.95 bits per heavy atom. The lowest BCUT2D eigenvalue weighted by Gasteiger charge is -2.23. The van der Waals surface area contributed by atoms with Crippen LogP contribution in [-0.4, -0.2) is 22.1 Å². The second kappa shape index (κ2) is 6.37. The van der Waals surface area contributed by atoms with Crippen molar-refractivity contribution in [1.29, 1.82) is 0 Å². The summed E-state index contributed by atoms with van der Waals surface area (Å²) in [7, 11) is 0. The Kier molecular flexibility index (Phi) is 4.51. The highest BCUT2D eigenvalue weighted by Crippen LogP contribution is 2.28. The zero-order valence-electron chi connectivity index (χ0n) is 12.9. The number of benzene rings is 1. The van der Waals surface area contributed by atoms with Gasteiger partial charge in [-0.25, -0.2) is 4.98 Å². The summed E-state index contributed by atoms with van der Waals surface area (Å²) < 4.78 is 2.31. The van der Waals surface area contributed by atoms with Crippen LogP contribution < -0.4 is 5.32 Å². The fourth-order valence-electron chi connectivity index (χ4n) is 3.36. The van der Waals surface area contributed by atoms with Crippen LogP contribution in [0.4, 0.5) is 0 Å². The summed E-state index contributed by atoms with van der Waals surface area (Å²) in [6.07, 6.45) is 6.14. The predicted octanol–water partition coefficient (Wildman–Crippen LogP) is 4.35. The second-order valence-corrected chi connectivity index (χ2v) is 6.69. The smallest absolute Gasteiger partial charge is 0.110 e. The quantitative estimate of drug-likeness (QED) is 0.910. The van der Waals surface area contributed by atoms with Gasteiger partial charge in [-0.1, -0.05) is 24.1 Å². The molecule has 0 radical (unpaired) electrons. The molecule has 3 rings (SSSR count). The third-order valence-electron chi connectivity index (χ3n) is 4.38. The molecule has 1 aliphatic heterocycles. The van der Waals surface area contributed by atoms with Crippen LogP contribution in [0, 0.1) is 0 Å². The number of nitrogens with one attached hydrogen (secondary N) is 1. The van der Waals surface area contributed by atoms with Crippen molar-refractivity contribution in [3.05, 3.63) is 29.0 Å². The second-order valence-electron chi connectivity index (χ2n) is 6.28. The molecule has 1 fully saturated rings. The summed E-state index contributed by atoms with van der Waals surface area (Å²) >= 11 is 6.40. The number of halogens is 1. The average molecular weight is 306 g/mol. The van der Waals surface area contributed by atoms with Gasteiger partial charge in [-0.2, -0.15) is 0 Å². The molecule has 0 aliphatic carbocycles. The topological polar surface area (TPSA) is 29.9 Å². The number of fused-ring (bicyclic) bond motifs is 1. The number of nitrogens with zero attached hydrogens (tertiary/aromatic N) is 2. The summed E-state index contributed by atoms with van der Waals surface area (Å²) in [4.78, 5) is 4.83. The van der Waals surface area contributed by atoms with Crippen LogP contribution in [0.2, 0.25) is 5.02 Å². The Labute approximate surface area is 131 Å². The Morgan fingerprint density at radius 1 is 1.38 bits per heavy atom. The number of rotatable bonds is 4. The molecule has 21 heavy (non-hydrogen) atoms. The minimum Gasteiger partial charge on any atom is -0.324 e. The number of imidazole rings is 1. The van der Waals surface area contributed by atoms with Gasteiger partial charge >= 0.3 is 0 Å². The Hall–Kier alpha value is -1.06. The first kappa shape index (κ1) is 14.9. The molecule has 114 valence electrons. The van der Waals surface area contributed by atoms with Gasteiger partial charge in [-0.15, -0.1) is 0 Å². The molecule has 0 amide bonds. The summed E-state index contributed by atoms with van der Waals surface area (Å²) in [5.41, 5.74) is 2.10. The fourth-order valence-corrected chi connectivity index (χ4v) is 3.62. The molecule has 1 atom stereocenters. The van der Waals surface area contributed by atoms with Crippen molar-refractivity contribution in [3.8, 4) is 0 Å². The van der Waals surface area contributed by atoms with Crippen LogP contribution in [0.25, 0.3) is 11.0 Å². The van der Waals surface area contributed by atoms with Gasteiger partial charge in [0.15, 0.2) is 0 Å². The van der Waals surface area contributed by atoms with E-state index in [4.69, 9.17) is 16.6 Å². The third-order valence-corrected chi connectivity index (χ3v) is 4.68. The van der Waals surface area contributed by atoms with Crippen molar-refractivity contribution in [2.45, 2.75) is 58.0 Å². The maximum absolute atomic E-state index is 6.40. The van der Waals surface area contributed by atoms with E-state index in [9.17, 15) is 0 Å². The van der Waals surface area contributed by atoms with E-state index in [2.05, 4.69) is 29.8 Å². The van der Waals surface area contributed by atoms with Crippen LogP contribution in [0.15, 0.2) is 18.2 Å². The molecule has 2 aromatic rings. The lowest BCUT2D eigenvalue weighted by atomic mass is 10.0. The number of hydrogen-bond acceptors (Lipinski definition) is 2. The van der Waals surface area contributed by atoms with Crippen molar-refractivity contribution in [2.75, 3.05) is 6.54 Å². The first-order valence-electron chi connectivity index (χ1n) is 8.05. The lowest BCUT2D eigenvalue weighted by Crippen LogP contribution is -2.34. The summed E-state index contributed by atoms with van der Waals surface area (Å²) in [6, 6.07) is 7.02. The van der Waals surface area contributed by atoms with Crippen molar-refractivity contribution in [2.24, 2.45) is 0 Å². The number of para-hydroxylation sites is 1. The largest absolute Gasteiger partial charge is 0.324 e. The highest BCUT2D eigenvalue weighted by molar-refractivity contribution is 6.35. The minimum absolute atomic E-state index is 0.379. The normalized spacial score (nSPS) is 19.5. The molecule has 0 spiro atoms. The molecule has 0 saturated carbocycles. The number of aryl methyl sites for hydroxylation is 1. The lowest BCUT2D eigenvalue weighted by molar-refractivity contribution is 0.378. The Bertz CT molecular complexity index is 612. The molecule has 3 nitrogen and oxygen atoms in total. The minimum atomic E-state index is 0.379. The van der Waals surface area contributed by atoms with Crippen molar-refractivity contribution >= 4 is 22.6 Å². The fraction of sp³-hybridized carbons (Fsp3) is 0.588. The van der Waals surface area contributed by atoms with Gasteiger partial charge in [0.2, 0.25) is 0 Å². The number of piperidine rings is 1. The van der Waals surface area contributed by atoms with Crippen molar-refractivity contribution < 1.29 is 0 Å². The van der Waals surface area contributed by atoms with Crippen molar-refractivity contribution in [3.63, 3.8) is 0 Å². The van der Waals surface area contributed by atoms with E-state index in [1.165, 1.54) is 25.1 Å². The van der Waals surface area contributed by atoms with Crippen LogP contribution >= 0.6 is 11.6 Å². The zero-order valence-corrected chi connectivity index (χ0v) is 13.7. The molecule has 1 aromatic heterocycles. The number of hydrogen-bond donors (Lipinski definition) is 1. The van der Waals surface area contributed by atoms with Gasteiger partial charge in [-0.3, -0.25) is 0 Å². The van der Waals surface area contributed by atoms with E-state index in [1.807, 2.05) is 12.1 Å². The summed E-state index contributed by atoms with van der Waals surface area (Å²) in [6.45, 7) is 5.57. The van der Waals surface area contributed by atoms with Crippen LogP contribution in [0.3, 0.4) is 0 Å². The Morgan fingerprint density at radius 2 is 2.24 bits per heavy atom. The Balaban J connectivity index is 1.87. The molecule has 1 N–H and O–H groups in total. The number of aromatic nitrogens is 2. The van der Waals surface area contributed by atoms with E-state index >= 15 is 0 Å². The maximum atomic E-state index is 6.40. The highest BCUT2D eigenvalue weighted by Gasteiger charge is 2.18. The first-order chi connectivity index (χ1) is 10.2. The molecular formula is C17H24ClN3. The molecule has 2 heterocycles. The van der Waals surface area contributed by atoms with Gasteiger partial charge in [0.25, 0.3) is 0 Å². The van der Waals surface area contributed by atoms with Gasteiger partial charge in [-0.05, 0) is 51.8 Å². The predicted molar refractivity (Wildman–Crippen MR) is 89.1 cm³/mol. The first-order valence-corrected chi connectivity index (χ1v) is 8.43. The molecule has 1 aliphatic rings. The highest BCUT2D eigenvalue weighted by atomic mass is 35.5. The van der Waals surface area contributed by atoms with Crippen LogP contribution in [0.5, 0.6) is 0 Å². The average Bonchev–Trinajstić information content (AvgIpc) is 2.86. The van der Waals surface area contributed by atoms with Crippen LogP contribution in [0.1, 0.15) is 51.4 Å². The van der Waals surface area contributed by atoms with E-state index in [-0.39, 0.29) is 0 Å². The molecule has 1 aromatic carbocycles. The van der Waals surface area contributed by atoms with Gasteiger partial charge in [0.1, 0.15) is 5.82 Å². The molecule has 4 heteroatoms. The van der Waals surface area contributed by atoms with Crippen molar-refractivity contribution in [1.82, 2.24) is 14.9 Å². The molecule has 1 unspecified atom stereocenters. The standard InChI is InChI=1S/C17H24ClN3/c1-12(2)21-16(10-9-13-6-3-4-11-19-13)20-15-8-5-7-14(18)17(15)21/h5,7-8,12-13,19H,3-4,6,9-11H2,1-2H3. The van der Waals surface area contributed by atoms with Gasteiger partial charge in [0, 0.05) is 18.5 Å². The van der Waals surface area contributed by atoms with E-state index in [1.54, 1.807) is 0 Å². The van der Waals surface area contributed by atoms with Gasteiger partial charge in [0.05, 0.1) is 16.1 Å². The molecular weight excluding hydrogens is 282 g/mol. The maximum Gasteiger partial charge on any atom is 0.110 e. The van der Waals surface area contributed by atoms with Gasteiger partial charge < -0.3 is 9.88 Å². The van der Waals surface area contributed by atoms with E-state index in [0.717, 1.165) is 35.4 Å². The SMILES string of the molecule is CC(C)n1c(CCC2CCCCN2)nc2cccc(Cl)c21. The van der Waals surface area contributed by atoms with E-state index < -0.39 is 0 Å². The summed E-state index contributed by atoms with van der Waals surface area (Å²) in [5, 5.41) is 4.42. The zero-order chi connectivity index (χ0) is 14.8. The third kappa shape index (κ3) is 3.09. The monoisotopic (exact) mass is 305 g/mol. The molecule has 0 bridgehead atoms.